The van der Waals surface area contributed by atoms with E-state index in [0.29, 0.717) is 0 Å². The monoisotopic (exact) mass is 377 g/mol. The van der Waals surface area contributed by atoms with Crippen molar-refractivity contribution in [1.29, 1.82) is 0 Å². The van der Waals surface area contributed by atoms with Gasteiger partial charge < -0.3 is 0 Å². The average molecular weight is 379 g/mol. The summed E-state index contributed by atoms with van der Waals surface area (Å²) in [6.45, 7) is 0. The molecule has 0 saturated carbocycles. The van der Waals surface area contributed by atoms with Gasteiger partial charge in [0.15, 0.2) is 5.82 Å². The second-order valence-electron chi connectivity index (χ2n) is 3.98. The molecule has 0 unspecified atom stereocenters. The smallest absolute Gasteiger partial charge is 0.169 e. The predicted molar refractivity (Wildman–Crippen MR) is 82.2 cm³/mol. The number of hydrogen-bond acceptors (Lipinski definition) is 2. The average Bonchev–Trinajstić information content (AvgIpc) is 2.89. The summed E-state index contributed by atoms with van der Waals surface area (Å²) in [4.78, 5) is 0. The van der Waals surface area contributed by atoms with Crippen LogP contribution in [0.4, 0.5) is 0 Å². The Morgan fingerprint density at radius 3 is 2.47 bits per heavy atom. The highest BCUT2D eigenvalue weighted by Gasteiger charge is 2.12. The summed E-state index contributed by atoms with van der Waals surface area (Å²) < 4.78 is 3.97. The second kappa shape index (κ2) is 5.27. The van der Waals surface area contributed by atoms with Gasteiger partial charge in [-0.1, -0.05) is 34.1 Å². The lowest BCUT2D eigenvalue weighted by atomic mass is 10.2. The van der Waals surface area contributed by atoms with Gasteiger partial charge in [0.2, 0.25) is 0 Å². The van der Waals surface area contributed by atoms with Crippen LogP contribution in [0.3, 0.4) is 0 Å². The van der Waals surface area contributed by atoms with E-state index in [-0.39, 0.29) is 0 Å². The predicted octanol–water partition coefficient (Wildman–Crippen LogP) is 4.46. The van der Waals surface area contributed by atoms with Crippen LogP contribution in [-0.4, -0.2) is 14.8 Å². The van der Waals surface area contributed by atoms with Gasteiger partial charge in [0.25, 0.3) is 0 Å². The van der Waals surface area contributed by atoms with Crippen LogP contribution in [0.15, 0.2) is 63.8 Å². The Balaban J connectivity index is 2.15. The van der Waals surface area contributed by atoms with Gasteiger partial charge in [0.1, 0.15) is 6.33 Å². The molecular formula is C14H9Br2N3. The molecule has 1 heterocycles. The quantitative estimate of drug-likeness (QED) is 0.659. The fraction of sp³-hybridized carbons (Fsp3) is 0. The van der Waals surface area contributed by atoms with E-state index >= 15 is 0 Å². The summed E-state index contributed by atoms with van der Waals surface area (Å²) in [5.41, 5.74) is 2.04. The van der Waals surface area contributed by atoms with Crippen LogP contribution in [0, 0.1) is 0 Å². The van der Waals surface area contributed by atoms with Crippen LogP contribution in [0.25, 0.3) is 17.1 Å². The lowest BCUT2D eigenvalue weighted by Crippen LogP contribution is -1.96. The summed E-state index contributed by atoms with van der Waals surface area (Å²) >= 11 is 7.01. The molecule has 3 aromatic rings. The molecule has 5 heteroatoms. The zero-order valence-corrected chi connectivity index (χ0v) is 13.0. The number of aromatic nitrogens is 3. The number of benzene rings is 2. The van der Waals surface area contributed by atoms with E-state index in [9.17, 15) is 0 Å². The topological polar surface area (TPSA) is 30.7 Å². The molecule has 0 bridgehead atoms. The zero-order valence-electron chi connectivity index (χ0n) is 9.79. The first-order valence-corrected chi connectivity index (χ1v) is 7.25. The zero-order chi connectivity index (χ0) is 13.2. The second-order valence-corrected chi connectivity index (χ2v) is 5.75. The molecule has 0 aliphatic carbocycles. The van der Waals surface area contributed by atoms with Crippen molar-refractivity contribution in [1.82, 2.24) is 14.8 Å². The van der Waals surface area contributed by atoms with E-state index in [1.165, 1.54) is 0 Å². The van der Waals surface area contributed by atoms with Crippen LogP contribution < -0.4 is 0 Å². The molecule has 0 N–H and O–H groups in total. The molecule has 0 fully saturated rings. The highest BCUT2D eigenvalue weighted by molar-refractivity contribution is 9.11. The Morgan fingerprint density at radius 1 is 0.947 bits per heavy atom. The van der Waals surface area contributed by atoms with Gasteiger partial charge in [-0.05, 0) is 46.3 Å². The van der Waals surface area contributed by atoms with Crippen molar-refractivity contribution in [2.75, 3.05) is 0 Å². The Hall–Kier alpha value is -1.46. The molecule has 19 heavy (non-hydrogen) atoms. The summed E-state index contributed by atoms with van der Waals surface area (Å²) in [6.07, 6.45) is 1.72. The number of hydrogen-bond donors (Lipinski definition) is 0. The minimum Gasteiger partial charge on any atom is -0.282 e. The first-order chi connectivity index (χ1) is 9.25. The van der Waals surface area contributed by atoms with Gasteiger partial charge in [-0.3, -0.25) is 4.57 Å². The van der Waals surface area contributed by atoms with Crippen molar-refractivity contribution in [2.45, 2.75) is 0 Å². The van der Waals surface area contributed by atoms with Crippen molar-refractivity contribution < 1.29 is 0 Å². The highest BCUT2D eigenvalue weighted by Crippen LogP contribution is 2.30. The van der Waals surface area contributed by atoms with Crippen LogP contribution >= 0.6 is 31.9 Å². The lowest BCUT2D eigenvalue weighted by Gasteiger charge is -2.08. The van der Waals surface area contributed by atoms with Crippen molar-refractivity contribution in [2.24, 2.45) is 0 Å². The molecule has 0 radical (unpaired) electrons. The number of para-hydroxylation sites is 1. The highest BCUT2D eigenvalue weighted by atomic mass is 79.9. The number of rotatable bonds is 2. The molecule has 0 amide bonds. The van der Waals surface area contributed by atoms with Crippen molar-refractivity contribution in [3.8, 4) is 17.1 Å². The third-order valence-corrected chi connectivity index (χ3v) is 3.90. The Kier molecular flexibility index (Phi) is 3.48. The fourth-order valence-corrected chi connectivity index (χ4v) is 3.09. The lowest BCUT2D eigenvalue weighted by molar-refractivity contribution is 1.06. The van der Waals surface area contributed by atoms with Crippen molar-refractivity contribution in [3.05, 3.63) is 63.8 Å². The molecule has 0 saturated heterocycles. The van der Waals surface area contributed by atoms with Gasteiger partial charge in [0.05, 0.1) is 0 Å². The molecule has 0 atom stereocenters. The van der Waals surface area contributed by atoms with Crippen LogP contribution in [0.2, 0.25) is 0 Å². The summed E-state index contributed by atoms with van der Waals surface area (Å²) in [7, 11) is 0. The molecule has 1 aromatic heterocycles. The molecule has 2 aromatic carbocycles. The maximum absolute atomic E-state index is 4.22. The van der Waals surface area contributed by atoms with E-state index in [2.05, 4.69) is 42.1 Å². The molecule has 0 aliphatic rings. The van der Waals surface area contributed by atoms with Crippen molar-refractivity contribution >= 4 is 31.9 Å². The van der Waals surface area contributed by atoms with E-state index in [1.54, 1.807) is 6.33 Å². The minimum absolute atomic E-state index is 0.811. The van der Waals surface area contributed by atoms with Crippen LogP contribution in [0.5, 0.6) is 0 Å². The molecular weight excluding hydrogens is 370 g/mol. The molecule has 3 rings (SSSR count). The molecule has 94 valence electrons. The Bertz CT molecular complexity index is 708. The summed E-state index contributed by atoms with van der Waals surface area (Å²) in [6, 6.07) is 16.0. The normalized spacial score (nSPS) is 10.6. The van der Waals surface area contributed by atoms with Gasteiger partial charge >= 0.3 is 0 Å². The van der Waals surface area contributed by atoms with Gasteiger partial charge in [-0.15, -0.1) is 10.2 Å². The minimum atomic E-state index is 0.811. The third-order valence-electron chi connectivity index (χ3n) is 2.75. The molecule has 0 spiro atoms. The van der Waals surface area contributed by atoms with E-state index in [0.717, 1.165) is 26.0 Å². The first-order valence-electron chi connectivity index (χ1n) is 5.66. The largest absolute Gasteiger partial charge is 0.282 e. The van der Waals surface area contributed by atoms with E-state index < -0.39 is 0 Å². The SMILES string of the molecule is Brc1ccc(-c2nncn2-c2ccccc2)c(Br)c1. The van der Waals surface area contributed by atoms with Gasteiger partial charge in [-0.25, -0.2) is 0 Å². The standard InChI is InChI=1S/C14H9Br2N3/c15-10-6-7-12(13(16)8-10)14-18-17-9-19(14)11-4-2-1-3-5-11/h1-9H. The van der Waals surface area contributed by atoms with Gasteiger partial charge in [-0.2, -0.15) is 0 Å². The number of halogens is 2. The van der Waals surface area contributed by atoms with Crippen LogP contribution in [0.1, 0.15) is 0 Å². The van der Waals surface area contributed by atoms with E-state index in [1.807, 2.05) is 53.1 Å². The first kappa shape index (κ1) is 12.6. The maximum Gasteiger partial charge on any atom is 0.169 e. The molecule has 3 nitrogen and oxygen atoms in total. The number of nitrogens with zero attached hydrogens (tertiary/aromatic N) is 3. The summed E-state index contributed by atoms with van der Waals surface area (Å²) in [5, 5.41) is 8.24. The fourth-order valence-electron chi connectivity index (χ4n) is 1.87. The molecule has 0 aliphatic heterocycles. The van der Waals surface area contributed by atoms with E-state index in [4.69, 9.17) is 0 Å². The Morgan fingerprint density at radius 2 is 1.74 bits per heavy atom. The van der Waals surface area contributed by atoms with Crippen LogP contribution in [-0.2, 0) is 0 Å². The Labute approximate surface area is 127 Å². The maximum atomic E-state index is 4.22. The van der Waals surface area contributed by atoms with Gasteiger partial charge in [0, 0.05) is 20.2 Å². The summed E-state index contributed by atoms with van der Waals surface area (Å²) in [5.74, 6) is 0.811. The van der Waals surface area contributed by atoms with Crippen molar-refractivity contribution in [3.63, 3.8) is 0 Å². The third kappa shape index (κ3) is 2.48.